The van der Waals surface area contributed by atoms with E-state index in [2.05, 4.69) is 22.0 Å². The molecule has 0 spiro atoms. The van der Waals surface area contributed by atoms with E-state index in [-0.39, 0.29) is 5.97 Å². The van der Waals surface area contributed by atoms with Crippen LogP contribution in [0.1, 0.15) is 43.1 Å². The summed E-state index contributed by atoms with van der Waals surface area (Å²) in [6, 6.07) is 0. The van der Waals surface area contributed by atoms with Crippen LogP contribution >= 0.6 is 0 Å². The molecular weight excluding hydrogens is 256 g/mol. The Hall–Kier alpha value is -1.43. The summed E-state index contributed by atoms with van der Waals surface area (Å²) in [6.45, 7) is 10.4. The molecule has 6 nitrogen and oxygen atoms in total. The number of hydrogen-bond donors (Lipinski definition) is 0. The van der Waals surface area contributed by atoms with E-state index in [1.54, 1.807) is 6.92 Å². The first-order chi connectivity index (χ1) is 9.65. The molecule has 1 aromatic rings. The summed E-state index contributed by atoms with van der Waals surface area (Å²) in [7, 11) is 0. The topological polar surface area (TPSA) is 60.2 Å². The molecular formula is C14H24N4O2. The molecule has 0 unspecified atom stereocenters. The molecule has 1 aliphatic heterocycles. The van der Waals surface area contributed by atoms with Crippen molar-refractivity contribution < 1.29 is 9.53 Å². The van der Waals surface area contributed by atoms with E-state index in [0.717, 1.165) is 44.8 Å². The predicted molar refractivity (Wildman–Crippen MR) is 75.6 cm³/mol. The van der Waals surface area contributed by atoms with E-state index in [9.17, 15) is 4.79 Å². The quantitative estimate of drug-likeness (QED) is 0.765. The Morgan fingerprint density at radius 3 is 2.60 bits per heavy atom. The van der Waals surface area contributed by atoms with Gasteiger partial charge in [0.2, 0.25) is 5.82 Å². The van der Waals surface area contributed by atoms with Crippen LogP contribution in [0.5, 0.6) is 0 Å². The fraction of sp³-hybridized carbons (Fsp3) is 0.786. The molecule has 6 heteroatoms. The largest absolute Gasteiger partial charge is 0.460 e. The predicted octanol–water partition coefficient (Wildman–Crippen LogP) is 1.50. The summed E-state index contributed by atoms with van der Waals surface area (Å²) >= 11 is 0. The van der Waals surface area contributed by atoms with Crippen molar-refractivity contribution in [1.29, 1.82) is 0 Å². The number of aryl methyl sites for hydroxylation is 1. The van der Waals surface area contributed by atoms with Gasteiger partial charge in [-0.1, -0.05) is 6.92 Å². The first-order valence-corrected chi connectivity index (χ1v) is 7.45. The monoisotopic (exact) mass is 280 g/mol. The third kappa shape index (κ3) is 3.36. The van der Waals surface area contributed by atoms with Crippen LogP contribution < -0.4 is 0 Å². The molecule has 0 aliphatic carbocycles. The van der Waals surface area contributed by atoms with Crippen LogP contribution in [-0.4, -0.2) is 51.9 Å². The Balaban J connectivity index is 2.02. The molecule has 1 aliphatic rings. The van der Waals surface area contributed by atoms with Crippen molar-refractivity contribution in [3.8, 4) is 0 Å². The molecule has 0 aromatic carbocycles. The van der Waals surface area contributed by atoms with Gasteiger partial charge in [0.1, 0.15) is 5.82 Å². The molecule has 0 radical (unpaired) electrons. The normalized spacial score (nSPS) is 17.4. The molecule has 1 fully saturated rings. The molecule has 1 aromatic heterocycles. The first kappa shape index (κ1) is 15.0. The lowest BCUT2D eigenvalue weighted by Gasteiger charge is -2.31. The van der Waals surface area contributed by atoms with E-state index >= 15 is 0 Å². The number of rotatable bonds is 5. The molecule has 112 valence electrons. The Bertz CT molecular complexity index is 450. The van der Waals surface area contributed by atoms with E-state index in [0.29, 0.717) is 18.3 Å². The summed E-state index contributed by atoms with van der Waals surface area (Å²) in [5, 5.41) is 7.98. The second kappa shape index (κ2) is 6.83. The minimum absolute atomic E-state index is 0.335. The number of hydrogen-bond acceptors (Lipinski definition) is 5. The van der Waals surface area contributed by atoms with Crippen molar-refractivity contribution in [2.24, 2.45) is 5.92 Å². The second-order valence-electron chi connectivity index (χ2n) is 5.28. The maximum absolute atomic E-state index is 11.9. The lowest BCUT2D eigenvalue weighted by molar-refractivity contribution is 0.0503. The van der Waals surface area contributed by atoms with Crippen molar-refractivity contribution in [2.45, 2.75) is 40.2 Å². The zero-order chi connectivity index (χ0) is 14.5. The summed E-state index contributed by atoms with van der Waals surface area (Å²) in [6.07, 6.45) is 2.32. The fourth-order valence-electron chi connectivity index (χ4n) is 2.69. The van der Waals surface area contributed by atoms with E-state index in [1.165, 1.54) is 0 Å². The highest BCUT2D eigenvalue weighted by atomic mass is 16.5. The van der Waals surface area contributed by atoms with Gasteiger partial charge in [-0.2, -0.15) is 0 Å². The van der Waals surface area contributed by atoms with Gasteiger partial charge in [-0.15, -0.1) is 10.2 Å². The van der Waals surface area contributed by atoms with E-state index in [4.69, 9.17) is 4.74 Å². The summed E-state index contributed by atoms with van der Waals surface area (Å²) in [4.78, 5) is 14.3. The van der Waals surface area contributed by atoms with Crippen LogP contribution in [0.15, 0.2) is 0 Å². The number of carbonyl (C=O) groups is 1. The Kier molecular flexibility index (Phi) is 5.11. The highest BCUT2D eigenvalue weighted by molar-refractivity contribution is 5.85. The molecule has 0 atom stereocenters. The third-order valence-electron chi connectivity index (χ3n) is 3.99. The van der Waals surface area contributed by atoms with Gasteiger partial charge in [0.05, 0.1) is 6.61 Å². The van der Waals surface area contributed by atoms with Gasteiger partial charge in [-0.25, -0.2) is 4.79 Å². The van der Waals surface area contributed by atoms with Gasteiger partial charge in [0.15, 0.2) is 0 Å². The Morgan fingerprint density at radius 2 is 2.00 bits per heavy atom. The zero-order valence-corrected chi connectivity index (χ0v) is 12.6. The number of nitrogens with zero attached hydrogens (tertiary/aromatic N) is 4. The molecule has 20 heavy (non-hydrogen) atoms. The van der Waals surface area contributed by atoms with Crippen LogP contribution in [0, 0.1) is 12.8 Å². The van der Waals surface area contributed by atoms with Gasteiger partial charge in [-0.3, -0.25) is 0 Å². The van der Waals surface area contributed by atoms with Crippen LogP contribution in [-0.2, 0) is 11.3 Å². The lowest BCUT2D eigenvalue weighted by Crippen LogP contribution is -2.35. The van der Waals surface area contributed by atoms with Crippen molar-refractivity contribution in [3.05, 3.63) is 11.6 Å². The standard InChI is InChI=1S/C14H24N4O2/c1-4-17-8-6-12(7-9-17)10-18-11(3)15-16-13(18)14(19)20-5-2/h12H,4-10H2,1-3H3. The molecule has 0 bridgehead atoms. The highest BCUT2D eigenvalue weighted by Crippen LogP contribution is 2.20. The van der Waals surface area contributed by atoms with Gasteiger partial charge in [0.25, 0.3) is 0 Å². The van der Waals surface area contributed by atoms with Gasteiger partial charge >= 0.3 is 5.97 Å². The average molecular weight is 280 g/mol. The maximum Gasteiger partial charge on any atom is 0.376 e. The molecule has 2 rings (SSSR count). The molecule has 1 saturated heterocycles. The minimum atomic E-state index is -0.376. The number of likely N-dealkylation sites (tertiary alicyclic amines) is 1. The fourth-order valence-corrected chi connectivity index (χ4v) is 2.69. The molecule has 0 amide bonds. The van der Waals surface area contributed by atoms with Crippen molar-refractivity contribution in [2.75, 3.05) is 26.2 Å². The minimum Gasteiger partial charge on any atom is -0.460 e. The summed E-state index contributed by atoms with van der Waals surface area (Å²) < 4.78 is 6.94. The number of ether oxygens (including phenoxy) is 1. The van der Waals surface area contributed by atoms with Gasteiger partial charge in [0, 0.05) is 6.54 Å². The van der Waals surface area contributed by atoms with Crippen molar-refractivity contribution in [1.82, 2.24) is 19.7 Å². The van der Waals surface area contributed by atoms with Crippen LogP contribution in [0.25, 0.3) is 0 Å². The number of esters is 1. The number of carbonyl (C=O) groups excluding carboxylic acids is 1. The third-order valence-corrected chi connectivity index (χ3v) is 3.99. The van der Waals surface area contributed by atoms with Crippen molar-refractivity contribution in [3.63, 3.8) is 0 Å². The summed E-state index contributed by atoms with van der Waals surface area (Å²) in [5.41, 5.74) is 0. The summed E-state index contributed by atoms with van der Waals surface area (Å²) in [5.74, 6) is 1.33. The van der Waals surface area contributed by atoms with E-state index in [1.807, 2.05) is 11.5 Å². The molecule has 0 saturated carbocycles. The Labute approximate surface area is 120 Å². The van der Waals surface area contributed by atoms with E-state index < -0.39 is 0 Å². The van der Waals surface area contributed by atoms with Crippen molar-refractivity contribution >= 4 is 5.97 Å². The van der Waals surface area contributed by atoms with Crippen LogP contribution in [0.2, 0.25) is 0 Å². The Morgan fingerprint density at radius 1 is 1.30 bits per heavy atom. The zero-order valence-electron chi connectivity index (χ0n) is 12.6. The van der Waals surface area contributed by atoms with Gasteiger partial charge in [-0.05, 0) is 52.2 Å². The SMILES string of the molecule is CCOC(=O)c1nnc(C)n1CC1CCN(CC)CC1. The lowest BCUT2D eigenvalue weighted by atomic mass is 9.96. The number of aromatic nitrogens is 3. The first-order valence-electron chi connectivity index (χ1n) is 7.45. The van der Waals surface area contributed by atoms with Gasteiger partial charge < -0.3 is 14.2 Å². The molecule has 0 N–H and O–H groups in total. The highest BCUT2D eigenvalue weighted by Gasteiger charge is 2.23. The van der Waals surface area contributed by atoms with Crippen LogP contribution in [0.3, 0.4) is 0 Å². The average Bonchev–Trinajstić information content (AvgIpc) is 2.81. The maximum atomic E-state index is 11.9. The van der Waals surface area contributed by atoms with Crippen LogP contribution in [0.4, 0.5) is 0 Å². The molecule has 2 heterocycles. The smallest absolute Gasteiger partial charge is 0.376 e. The second-order valence-corrected chi connectivity index (χ2v) is 5.28. The number of piperidine rings is 1.